The van der Waals surface area contributed by atoms with E-state index in [1.54, 1.807) is 18.3 Å². The van der Waals surface area contributed by atoms with E-state index < -0.39 is 0 Å². The van der Waals surface area contributed by atoms with Gasteiger partial charge < -0.3 is 10.0 Å². The van der Waals surface area contributed by atoms with Crippen molar-refractivity contribution in [1.29, 1.82) is 0 Å². The molecule has 1 fully saturated rings. The molecule has 0 radical (unpaired) electrons. The fourth-order valence-corrected chi connectivity index (χ4v) is 3.41. The highest BCUT2D eigenvalue weighted by Crippen LogP contribution is 2.32. The van der Waals surface area contributed by atoms with E-state index in [0.717, 1.165) is 12.1 Å². The molecule has 0 unspecified atom stereocenters. The molecule has 1 aliphatic rings. The Balaban J connectivity index is 2.14. The van der Waals surface area contributed by atoms with Crippen LogP contribution in [-0.4, -0.2) is 42.4 Å². The number of phenolic OH excluding ortho intramolecular Hbond substituents is 1. The van der Waals surface area contributed by atoms with Crippen molar-refractivity contribution < 1.29 is 5.11 Å². The normalized spacial score (nSPS) is 18.5. The highest BCUT2D eigenvalue weighted by atomic mass is 35.5. The molecule has 1 saturated carbocycles. The van der Waals surface area contributed by atoms with Crippen LogP contribution in [0.4, 0.5) is 0 Å². The Morgan fingerprint density at radius 1 is 1.29 bits per heavy atom. The van der Waals surface area contributed by atoms with Gasteiger partial charge in [0.25, 0.3) is 0 Å². The van der Waals surface area contributed by atoms with Crippen molar-refractivity contribution in [2.45, 2.75) is 44.6 Å². The zero-order chi connectivity index (χ0) is 15.5. The zero-order valence-electron chi connectivity index (χ0n) is 13.2. The lowest BCUT2D eigenvalue weighted by molar-refractivity contribution is 0.110. The third-order valence-electron chi connectivity index (χ3n) is 4.64. The van der Waals surface area contributed by atoms with E-state index in [4.69, 9.17) is 11.6 Å². The second kappa shape index (κ2) is 6.80. The number of benzene rings is 1. The lowest BCUT2D eigenvalue weighted by Gasteiger charge is -2.41. The number of halogens is 1. The van der Waals surface area contributed by atoms with E-state index in [9.17, 15) is 5.11 Å². The first-order chi connectivity index (χ1) is 9.94. The molecule has 0 aliphatic heterocycles. The van der Waals surface area contributed by atoms with Crippen molar-refractivity contribution in [2.75, 3.05) is 20.6 Å². The van der Waals surface area contributed by atoms with Gasteiger partial charge in [0.15, 0.2) is 0 Å². The number of aliphatic imine (C=N–C) groups is 1. The number of phenols is 1. The summed E-state index contributed by atoms with van der Waals surface area (Å²) in [6, 6.07) is 3.52. The van der Waals surface area contributed by atoms with Gasteiger partial charge in [-0.05, 0) is 51.6 Å². The third kappa shape index (κ3) is 3.78. The highest BCUT2D eigenvalue weighted by Gasteiger charge is 2.33. The summed E-state index contributed by atoms with van der Waals surface area (Å²) in [5.74, 6) is 0.269. The van der Waals surface area contributed by atoms with Crippen LogP contribution in [-0.2, 0) is 0 Å². The molecule has 1 aromatic rings. The van der Waals surface area contributed by atoms with Gasteiger partial charge in [-0.25, -0.2) is 0 Å². The van der Waals surface area contributed by atoms with Crippen LogP contribution in [0, 0.1) is 6.92 Å². The van der Waals surface area contributed by atoms with Crippen molar-refractivity contribution in [2.24, 2.45) is 4.99 Å². The fourth-order valence-electron chi connectivity index (χ4n) is 3.13. The van der Waals surface area contributed by atoms with E-state index in [1.807, 2.05) is 6.92 Å². The van der Waals surface area contributed by atoms with Gasteiger partial charge in [-0.15, -0.1) is 0 Å². The maximum atomic E-state index is 10.1. The summed E-state index contributed by atoms with van der Waals surface area (Å²) in [5.41, 5.74) is 1.64. The number of aryl methyl sites for hydroxylation is 1. The number of nitrogens with zero attached hydrogens (tertiary/aromatic N) is 2. The molecule has 4 heteroatoms. The first-order valence-corrected chi connectivity index (χ1v) is 7.99. The average molecular weight is 309 g/mol. The van der Waals surface area contributed by atoms with Crippen molar-refractivity contribution in [3.63, 3.8) is 0 Å². The summed E-state index contributed by atoms with van der Waals surface area (Å²) in [6.07, 6.45) is 8.02. The Bertz CT molecular complexity index is 520. The molecule has 116 valence electrons. The lowest BCUT2D eigenvalue weighted by atomic mass is 9.81. The average Bonchev–Trinajstić information content (AvgIpc) is 2.45. The predicted molar refractivity (Wildman–Crippen MR) is 89.8 cm³/mol. The molecule has 0 bridgehead atoms. The lowest BCUT2D eigenvalue weighted by Crippen LogP contribution is -2.48. The van der Waals surface area contributed by atoms with Crippen LogP contribution in [0.1, 0.15) is 43.2 Å². The summed E-state index contributed by atoms with van der Waals surface area (Å²) >= 11 is 6.05. The minimum atomic E-state index is 0.165. The zero-order valence-corrected chi connectivity index (χ0v) is 14.0. The van der Waals surface area contributed by atoms with Crippen molar-refractivity contribution >= 4 is 17.8 Å². The second-order valence-corrected chi connectivity index (χ2v) is 6.75. The molecule has 1 aliphatic carbocycles. The molecule has 0 heterocycles. The number of hydrogen-bond acceptors (Lipinski definition) is 3. The molecule has 1 N–H and O–H groups in total. The topological polar surface area (TPSA) is 35.8 Å². The van der Waals surface area contributed by atoms with Crippen molar-refractivity contribution in [1.82, 2.24) is 4.90 Å². The maximum absolute atomic E-state index is 10.1. The Hall–Kier alpha value is -1.06. The first-order valence-electron chi connectivity index (χ1n) is 7.61. The number of rotatable bonds is 4. The SMILES string of the molecule is Cc1cc(Cl)cc(C=NCC2(N(C)C)CCCCC2)c1O. The molecule has 0 amide bonds. The van der Waals surface area contributed by atoms with Gasteiger partial charge in [0.05, 0.1) is 6.54 Å². The summed E-state index contributed by atoms with van der Waals surface area (Å²) in [7, 11) is 4.28. The summed E-state index contributed by atoms with van der Waals surface area (Å²) in [6.45, 7) is 2.62. The monoisotopic (exact) mass is 308 g/mol. The summed E-state index contributed by atoms with van der Waals surface area (Å²) < 4.78 is 0. The molecule has 1 aromatic carbocycles. The van der Waals surface area contributed by atoms with Crippen LogP contribution in [0.2, 0.25) is 5.02 Å². The molecular weight excluding hydrogens is 284 g/mol. The van der Waals surface area contributed by atoms with E-state index in [2.05, 4.69) is 24.0 Å². The van der Waals surface area contributed by atoms with Crippen LogP contribution >= 0.6 is 11.6 Å². The Morgan fingerprint density at radius 2 is 1.95 bits per heavy atom. The van der Waals surface area contributed by atoms with Gasteiger partial charge in [-0.1, -0.05) is 30.9 Å². The van der Waals surface area contributed by atoms with E-state index >= 15 is 0 Å². The Morgan fingerprint density at radius 3 is 2.57 bits per heavy atom. The van der Waals surface area contributed by atoms with Crippen LogP contribution < -0.4 is 0 Å². The smallest absolute Gasteiger partial charge is 0.127 e. The second-order valence-electron chi connectivity index (χ2n) is 6.31. The molecule has 3 nitrogen and oxygen atoms in total. The Labute approximate surface area is 132 Å². The van der Waals surface area contributed by atoms with E-state index in [-0.39, 0.29) is 11.3 Å². The number of hydrogen-bond donors (Lipinski definition) is 1. The van der Waals surface area contributed by atoms with E-state index in [1.165, 1.54) is 32.1 Å². The minimum absolute atomic E-state index is 0.165. The van der Waals surface area contributed by atoms with Gasteiger partial charge in [0.1, 0.15) is 5.75 Å². The molecule has 0 saturated heterocycles. The van der Waals surface area contributed by atoms with Crippen LogP contribution in [0.3, 0.4) is 0 Å². The highest BCUT2D eigenvalue weighted by molar-refractivity contribution is 6.31. The molecular formula is C17H25ClN2O. The minimum Gasteiger partial charge on any atom is -0.507 e. The first kappa shape index (κ1) is 16.3. The molecule has 21 heavy (non-hydrogen) atoms. The van der Waals surface area contributed by atoms with Gasteiger partial charge in [-0.3, -0.25) is 4.99 Å². The summed E-state index contributed by atoms with van der Waals surface area (Å²) in [4.78, 5) is 6.93. The van der Waals surface area contributed by atoms with Crippen LogP contribution in [0.25, 0.3) is 0 Å². The van der Waals surface area contributed by atoms with Crippen molar-refractivity contribution in [3.05, 3.63) is 28.3 Å². The molecule has 0 aromatic heterocycles. The maximum Gasteiger partial charge on any atom is 0.127 e. The Kier molecular flexibility index (Phi) is 5.28. The van der Waals surface area contributed by atoms with Gasteiger partial charge in [0, 0.05) is 22.3 Å². The van der Waals surface area contributed by atoms with Gasteiger partial charge in [-0.2, -0.15) is 0 Å². The van der Waals surface area contributed by atoms with Crippen molar-refractivity contribution in [3.8, 4) is 5.75 Å². The predicted octanol–water partition coefficient (Wildman–Crippen LogP) is 4.04. The van der Waals surface area contributed by atoms with Gasteiger partial charge >= 0.3 is 0 Å². The largest absolute Gasteiger partial charge is 0.507 e. The fraction of sp³-hybridized carbons (Fsp3) is 0.588. The van der Waals surface area contributed by atoms with E-state index in [0.29, 0.717) is 10.6 Å². The summed E-state index contributed by atoms with van der Waals surface area (Å²) in [5, 5.41) is 10.7. The number of likely N-dealkylation sites (N-methyl/N-ethyl adjacent to an activating group) is 1. The quantitative estimate of drug-likeness (QED) is 0.852. The van der Waals surface area contributed by atoms with Crippen LogP contribution in [0.15, 0.2) is 17.1 Å². The van der Waals surface area contributed by atoms with Gasteiger partial charge in [0.2, 0.25) is 0 Å². The standard InChI is InChI=1S/C17H25ClN2O/c1-13-9-15(18)10-14(16(13)21)11-19-12-17(20(2)3)7-5-4-6-8-17/h9-11,21H,4-8,12H2,1-3H3. The molecule has 2 rings (SSSR count). The van der Waals surface area contributed by atoms with Crippen LogP contribution in [0.5, 0.6) is 5.75 Å². The molecule has 0 spiro atoms. The molecule has 0 atom stereocenters. The third-order valence-corrected chi connectivity index (χ3v) is 4.86. The number of aromatic hydroxyl groups is 1.